The van der Waals surface area contributed by atoms with E-state index in [4.69, 9.17) is 0 Å². The summed E-state index contributed by atoms with van der Waals surface area (Å²) >= 11 is 0. The van der Waals surface area contributed by atoms with E-state index in [-0.39, 0.29) is 24.2 Å². The van der Waals surface area contributed by atoms with E-state index in [1.807, 2.05) is 0 Å². The molecule has 2 fully saturated rings. The Morgan fingerprint density at radius 2 is 1.83 bits per heavy atom. The fraction of sp³-hybridized carbons (Fsp3) is 0.900. The van der Waals surface area contributed by atoms with Gasteiger partial charge in [-0.2, -0.15) is 4.31 Å². The molecule has 1 N–H and O–H groups in total. The quantitative estimate of drug-likeness (QED) is 0.719. The van der Waals surface area contributed by atoms with Crippen LogP contribution in [-0.4, -0.2) is 69.1 Å². The number of halogens is 1. The highest BCUT2D eigenvalue weighted by molar-refractivity contribution is 7.88. The third kappa shape index (κ3) is 3.57. The van der Waals surface area contributed by atoms with Crippen molar-refractivity contribution in [2.45, 2.75) is 6.42 Å². The van der Waals surface area contributed by atoms with Crippen molar-refractivity contribution in [3.63, 3.8) is 0 Å². The van der Waals surface area contributed by atoms with Crippen LogP contribution in [0.25, 0.3) is 0 Å². The normalized spacial score (nSPS) is 25.8. The fourth-order valence-electron chi connectivity index (χ4n) is 2.36. The average molecular weight is 298 g/mol. The molecule has 0 aromatic heterocycles. The van der Waals surface area contributed by atoms with Gasteiger partial charge in [0, 0.05) is 32.7 Å². The molecule has 106 valence electrons. The van der Waals surface area contributed by atoms with Gasteiger partial charge in [-0.3, -0.25) is 4.79 Å². The maximum absolute atomic E-state index is 12.1. The SMILES string of the molecule is CS(=O)(=O)N1CCN(C(=O)C2CCNC2)CC1.Cl. The van der Waals surface area contributed by atoms with Crippen molar-refractivity contribution in [2.24, 2.45) is 5.92 Å². The summed E-state index contributed by atoms with van der Waals surface area (Å²) in [5, 5.41) is 3.17. The van der Waals surface area contributed by atoms with E-state index in [0.717, 1.165) is 19.5 Å². The van der Waals surface area contributed by atoms with Crippen LogP contribution in [0.15, 0.2) is 0 Å². The van der Waals surface area contributed by atoms with E-state index in [1.165, 1.54) is 10.6 Å². The van der Waals surface area contributed by atoms with Crippen molar-refractivity contribution in [3.8, 4) is 0 Å². The van der Waals surface area contributed by atoms with E-state index in [9.17, 15) is 13.2 Å². The summed E-state index contributed by atoms with van der Waals surface area (Å²) in [4.78, 5) is 13.9. The molecule has 6 nitrogen and oxygen atoms in total. The number of carbonyl (C=O) groups excluding carboxylic acids is 1. The van der Waals surface area contributed by atoms with Crippen molar-refractivity contribution in [1.29, 1.82) is 0 Å². The van der Waals surface area contributed by atoms with Crippen LogP contribution in [0, 0.1) is 5.92 Å². The van der Waals surface area contributed by atoms with Gasteiger partial charge < -0.3 is 10.2 Å². The molecule has 1 unspecified atom stereocenters. The van der Waals surface area contributed by atoms with Gasteiger partial charge in [-0.05, 0) is 13.0 Å². The molecular formula is C10H20ClN3O3S. The van der Waals surface area contributed by atoms with Crippen LogP contribution in [-0.2, 0) is 14.8 Å². The number of nitrogens with one attached hydrogen (secondary N) is 1. The smallest absolute Gasteiger partial charge is 0.227 e. The number of nitrogens with zero attached hydrogens (tertiary/aromatic N) is 2. The summed E-state index contributed by atoms with van der Waals surface area (Å²) in [6.45, 7) is 3.53. The number of amides is 1. The first-order chi connectivity index (χ1) is 7.98. The number of piperazine rings is 1. The van der Waals surface area contributed by atoms with Crippen molar-refractivity contribution < 1.29 is 13.2 Å². The van der Waals surface area contributed by atoms with Crippen LogP contribution >= 0.6 is 12.4 Å². The number of sulfonamides is 1. The second-order valence-corrected chi connectivity index (χ2v) is 6.66. The summed E-state index contributed by atoms with van der Waals surface area (Å²) in [5.74, 6) is 0.253. The number of hydrogen-bond acceptors (Lipinski definition) is 4. The first-order valence-electron chi connectivity index (χ1n) is 5.93. The average Bonchev–Trinajstić information content (AvgIpc) is 2.80. The summed E-state index contributed by atoms with van der Waals surface area (Å²) in [6.07, 6.45) is 2.11. The largest absolute Gasteiger partial charge is 0.340 e. The summed E-state index contributed by atoms with van der Waals surface area (Å²) in [7, 11) is -3.11. The molecule has 8 heteroatoms. The van der Waals surface area contributed by atoms with Crippen LogP contribution in [0.5, 0.6) is 0 Å². The Kier molecular flexibility index (Phi) is 5.39. The van der Waals surface area contributed by atoms with E-state index in [0.29, 0.717) is 26.2 Å². The molecule has 0 radical (unpaired) electrons. The number of hydrogen-bond donors (Lipinski definition) is 1. The standard InChI is InChI=1S/C10H19N3O3S.ClH/c1-17(15,16)13-6-4-12(5-7-13)10(14)9-2-3-11-8-9;/h9,11H,2-8H2,1H3;1H. The molecule has 2 heterocycles. The lowest BCUT2D eigenvalue weighted by atomic mass is 10.1. The van der Waals surface area contributed by atoms with Gasteiger partial charge in [-0.1, -0.05) is 0 Å². The zero-order valence-electron chi connectivity index (χ0n) is 10.5. The lowest BCUT2D eigenvalue weighted by Crippen LogP contribution is -2.51. The van der Waals surface area contributed by atoms with Crippen LogP contribution in [0.1, 0.15) is 6.42 Å². The molecule has 1 amide bonds. The monoisotopic (exact) mass is 297 g/mol. The molecule has 2 aliphatic heterocycles. The Bertz CT molecular complexity index is 387. The van der Waals surface area contributed by atoms with E-state index < -0.39 is 10.0 Å². The summed E-state index contributed by atoms with van der Waals surface area (Å²) in [5.41, 5.74) is 0. The predicted molar refractivity (Wildman–Crippen MR) is 71.2 cm³/mol. The first-order valence-corrected chi connectivity index (χ1v) is 7.78. The Morgan fingerprint density at radius 3 is 2.28 bits per heavy atom. The minimum Gasteiger partial charge on any atom is -0.340 e. The topological polar surface area (TPSA) is 69.7 Å². The Hall–Kier alpha value is -0.370. The Labute approximate surface area is 114 Å². The minimum atomic E-state index is -3.11. The van der Waals surface area contributed by atoms with E-state index in [1.54, 1.807) is 4.90 Å². The molecular weight excluding hydrogens is 278 g/mol. The summed E-state index contributed by atoms with van der Waals surface area (Å²) in [6, 6.07) is 0. The molecule has 0 bridgehead atoms. The molecule has 2 rings (SSSR count). The van der Waals surface area contributed by atoms with E-state index >= 15 is 0 Å². The molecule has 18 heavy (non-hydrogen) atoms. The van der Waals surface area contributed by atoms with E-state index in [2.05, 4.69) is 5.32 Å². The minimum absolute atomic E-state index is 0. The van der Waals surface area contributed by atoms with Crippen molar-refractivity contribution in [3.05, 3.63) is 0 Å². The van der Waals surface area contributed by atoms with Crippen molar-refractivity contribution >= 4 is 28.3 Å². The third-order valence-electron chi connectivity index (χ3n) is 3.43. The van der Waals surface area contributed by atoms with Crippen LogP contribution in [0.4, 0.5) is 0 Å². The van der Waals surface area contributed by atoms with Gasteiger partial charge in [0.1, 0.15) is 0 Å². The van der Waals surface area contributed by atoms with Gasteiger partial charge in [0.25, 0.3) is 0 Å². The lowest BCUT2D eigenvalue weighted by Gasteiger charge is -2.34. The Balaban J connectivity index is 0.00000162. The van der Waals surface area contributed by atoms with Crippen molar-refractivity contribution in [2.75, 3.05) is 45.5 Å². The molecule has 0 aromatic carbocycles. The summed E-state index contributed by atoms with van der Waals surface area (Å²) < 4.78 is 24.1. The highest BCUT2D eigenvalue weighted by Gasteiger charge is 2.31. The maximum atomic E-state index is 12.1. The first kappa shape index (κ1) is 15.7. The highest BCUT2D eigenvalue weighted by atomic mass is 35.5. The van der Waals surface area contributed by atoms with Gasteiger partial charge in [-0.25, -0.2) is 8.42 Å². The zero-order chi connectivity index (χ0) is 12.5. The predicted octanol–water partition coefficient (Wildman–Crippen LogP) is -0.878. The lowest BCUT2D eigenvalue weighted by molar-refractivity contribution is -0.136. The molecule has 1 atom stereocenters. The highest BCUT2D eigenvalue weighted by Crippen LogP contribution is 2.14. The fourth-order valence-corrected chi connectivity index (χ4v) is 3.19. The van der Waals surface area contributed by atoms with Crippen LogP contribution in [0.2, 0.25) is 0 Å². The molecule has 0 spiro atoms. The second kappa shape index (κ2) is 6.18. The van der Waals surface area contributed by atoms with Crippen LogP contribution in [0.3, 0.4) is 0 Å². The Morgan fingerprint density at radius 1 is 1.22 bits per heavy atom. The molecule has 2 saturated heterocycles. The number of carbonyl (C=O) groups is 1. The molecule has 0 saturated carbocycles. The molecule has 0 aromatic rings. The second-order valence-electron chi connectivity index (χ2n) is 4.68. The van der Waals surface area contributed by atoms with Crippen LogP contribution < -0.4 is 5.32 Å². The number of rotatable bonds is 2. The van der Waals surface area contributed by atoms with Crippen molar-refractivity contribution in [1.82, 2.24) is 14.5 Å². The molecule has 0 aliphatic carbocycles. The zero-order valence-corrected chi connectivity index (χ0v) is 12.1. The third-order valence-corrected chi connectivity index (χ3v) is 4.73. The van der Waals surface area contributed by atoms with Gasteiger partial charge in [-0.15, -0.1) is 12.4 Å². The molecule has 2 aliphatic rings. The van der Waals surface area contributed by atoms with Gasteiger partial charge in [0.15, 0.2) is 0 Å². The van der Waals surface area contributed by atoms with Gasteiger partial charge >= 0.3 is 0 Å². The van der Waals surface area contributed by atoms with Gasteiger partial charge in [0.2, 0.25) is 15.9 Å². The maximum Gasteiger partial charge on any atom is 0.227 e. The van der Waals surface area contributed by atoms with Gasteiger partial charge in [0.05, 0.1) is 12.2 Å².